The summed E-state index contributed by atoms with van der Waals surface area (Å²) in [5.41, 5.74) is 4.89. The molecule has 8 atom stereocenters. The van der Waals surface area contributed by atoms with Crippen LogP contribution in [0.4, 0.5) is 0 Å². The fourth-order valence-corrected chi connectivity index (χ4v) is 11.4. The van der Waals surface area contributed by atoms with Crippen LogP contribution in [-0.4, -0.2) is 126 Å². The maximum Gasteiger partial charge on any atom is 0.251 e. The van der Waals surface area contributed by atoms with E-state index in [9.17, 15) is 24.0 Å². The average molecular weight is 1100 g/mol. The van der Waals surface area contributed by atoms with Gasteiger partial charge in [0, 0.05) is 44.2 Å². The predicted molar refractivity (Wildman–Crippen MR) is 315 cm³/mol. The smallest absolute Gasteiger partial charge is 0.251 e. The van der Waals surface area contributed by atoms with Crippen molar-refractivity contribution in [3.05, 3.63) is 154 Å². The van der Waals surface area contributed by atoms with Crippen molar-refractivity contribution >= 4 is 52.1 Å². The lowest BCUT2D eigenvalue weighted by molar-refractivity contribution is -0.151. The molecule has 2 aliphatic heterocycles. The Morgan fingerprint density at radius 1 is 0.630 bits per heavy atom. The number of hydrogen-bond acceptors (Lipinski definition) is 9. The minimum absolute atomic E-state index is 0.0450. The number of fused-ring (bicyclic) bond motifs is 3. The average Bonchev–Trinajstić information content (AvgIpc) is 4.03. The van der Waals surface area contributed by atoms with Crippen molar-refractivity contribution in [2.45, 2.75) is 155 Å². The van der Waals surface area contributed by atoms with Gasteiger partial charge in [0.15, 0.2) is 0 Å². The van der Waals surface area contributed by atoms with Gasteiger partial charge in [0.25, 0.3) is 5.91 Å². The highest BCUT2D eigenvalue weighted by molar-refractivity contribution is 5.97. The van der Waals surface area contributed by atoms with Gasteiger partial charge < -0.3 is 46.6 Å². The van der Waals surface area contributed by atoms with Crippen molar-refractivity contribution in [1.82, 2.24) is 46.6 Å². The van der Waals surface area contributed by atoms with Crippen molar-refractivity contribution in [1.29, 1.82) is 0 Å². The van der Waals surface area contributed by atoms with Gasteiger partial charge in [-0.2, -0.15) is 0 Å². The molecular formula is C65H83N9O7. The zero-order valence-electron chi connectivity index (χ0n) is 48.9. The summed E-state index contributed by atoms with van der Waals surface area (Å²) < 4.78 is 0. The van der Waals surface area contributed by atoms with Gasteiger partial charge in [-0.05, 0) is 127 Å². The molecule has 2 heterocycles. The first-order valence-corrected chi connectivity index (χ1v) is 28.7. The van der Waals surface area contributed by atoms with Gasteiger partial charge in [-0.3, -0.25) is 33.6 Å². The fraction of sp³-hybridized carbons (Fsp3) is 0.462. The molecule has 430 valence electrons. The third-order valence-corrected chi connectivity index (χ3v) is 16.6. The van der Waals surface area contributed by atoms with Crippen LogP contribution in [0.5, 0.6) is 0 Å². The number of aryl methyl sites for hydroxylation is 1. The lowest BCUT2D eigenvalue weighted by Gasteiger charge is -2.42. The van der Waals surface area contributed by atoms with Crippen LogP contribution < -0.4 is 31.9 Å². The Bertz CT molecular complexity index is 3110. The summed E-state index contributed by atoms with van der Waals surface area (Å²) in [6.45, 7) is 15.5. The van der Waals surface area contributed by atoms with Crippen LogP contribution >= 0.6 is 0 Å². The van der Waals surface area contributed by atoms with E-state index >= 15 is 9.59 Å². The van der Waals surface area contributed by atoms with Gasteiger partial charge in [-0.1, -0.05) is 145 Å². The van der Waals surface area contributed by atoms with E-state index in [2.05, 4.69) is 68.3 Å². The maximum absolute atomic E-state index is 15.5. The van der Waals surface area contributed by atoms with Crippen LogP contribution in [0.15, 0.2) is 115 Å². The van der Waals surface area contributed by atoms with Gasteiger partial charge in [0.2, 0.25) is 35.4 Å². The lowest BCUT2D eigenvalue weighted by Crippen LogP contribution is -2.62. The first-order valence-electron chi connectivity index (χ1n) is 28.7. The highest BCUT2D eigenvalue weighted by Crippen LogP contribution is 2.33. The fourth-order valence-electron chi connectivity index (χ4n) is 11.4. The Kier molecular flexibility index (Phi) is 18.8. The molecule has 1 unspecified atom stereocenters. The van der Waals surface area contributed by atoms with E-state index < -0.39 is 64.9 Å². The van der Waals surface area contributed by atoms with Gasteiger partial charge >= 0.3 is 0 Å². The van der Waals surface area contributed by atoms with E-state index in [0.717, 1.165) is 57.9 Å². The standard InChI is InChI=1S/C65H83N9O7/c1-40(66-9)57(75)70-55(64(3,4)5)62(80)73-38-49-22-14-13-21-48(49)35-54(73)61(79)72(33-32-42-26-29-44-18-11-12-20-47(44)34-42)37-43-27-30-46(31-28-43)59(77)68-50-36-53(60(78)69-52-25-17-23-45-19-15-16-24-51(45)52)74(39-50)63(81)56(65(6,7)8)71-58(76)41(2)67-10/h11-16,18-22,24,26-31,34,40-41,50,52-56,66-67H,17,23,25,32-33,35-39H2,1-10H3,(H,68,77)(H,69,78)(H,70,75)(H,71,76)/t40-,41-,50-,52+,53-,54-,55+,56?/m0/s1. The van der Waals surface area contributed by atoms with Crippen molar-refractivity contribution < 1.29 is 33.6 Å². The molecule has 5 aromatic carbocycles. The van der Waals surface area contributed by atoms with E-state index in [4.69, 9.17) is 0 Å². The molecule has 6 N–H and O–H groups in total. The second-order valence-electron chi connectivity index (χ2n) is 24.5. The number of carbonyl (C=O) groups excluding carboxylic acids is 7. The number of benzene rings is 5. The van der Waals surface area contributed by atoms with Crippen molar-refractivity contribution in [3.63, 3.8) is 0 Å². The Morgan fingerprint density at radius 3 is 1.83 bits per heavy atom. The molecule has 1 fully saturated rings. The number of likely N-dealkylation sites (N-methyl/N-ethyl adjacent to an activating group) is 2. The molecule has 16 heteroatoms. The topological polar surface area (TPSA) is 201 Å². The van der Waals surface area contributed by atoms with Crippen molar-refractivity contribution in [3.8, 4) is 0 Å². The quantitative estimate of drug-likeness (QED) is 0.0564. The SMILES string of the molecule is CN[C@@H](C)C(=O)NC(C(=O)N1C[C@@H](NC(=O)c2ccc(CN(CCc3ccc4ccccc4c3)C(=O)[C@@H]3Cc4ccccc4CN3C(=O)[C@@H](NC(=O)[C@H](C)NC)C(C)(C)C)cc2)C[C@H]1C(=O)N[C@@H]1CCCc2ccccc21)C(C)(C)C. The molecule has 7 amide bonds. The number of nitrogens with one attached hydrogen (secondary N) is 6. The maximum atomic E-state index is 15.5. The number of likely N-dealkylation sites (tertiary alicyclic amines) is 1. The van der Waals surface area contributed by atoms with E-state index in [1.165, 1.54) is 10.5 Å². The molecular weight excluding hydrogens is 1020 g/mol. The molecule has 81 heavy (non-hydrogen) atoms. The molecule has 16 nitrogen and oxygen atoms in total. The summed E-state index contributed by atoms with van der Waals surface area (Å²) in [6.07, 6.45) is 3.54. The third-order valence-electron chi connectivity index (χ3n) is 16.6. The van der Waals surface area contributed by atoms with Crippen LogP contribution in [0.3, 0.4) is 0 Å². The first kappa shape index (κ1) is 59.7. The Morgan fingerprint density at radius 2 is 1.20 bits per heavy atom. The molecule has 1 saturated heterocycles. The molecule has 0 aromatic heterocycles. The molecule has 1 aliphatic carbocycles. The highest BCUT2D eigenvalue weighted by atomic mass is 16.2. The van der Waals surface area contributed by atoms with Crippen LogP contribution in [-0.2, 0) is 61.1 Å². The van der Waals surface area contributed by atoms with E-state index in [-0.39, 0.29) is 68.1 Å². The second-order valence-corrected chi connectivity index (χ2v) is 24.5. The number of amides is 7. The summed E-state index contributed by atoms with van der Waals surface area (Å²) in [4.78, 5) is 106. The van der Waals surface area contributed by atoms with Gasteiger partial charge in [-0.15, -0.1) is 0 Å². The zero-order valence-corrected chi connectivity index (χ0v) is 48.9. The molecule has 0 spiro atoms. The lowest BCUT2D eigenvalue weighted by atomic mass is 9.84. The van der Waals surface area contributed by atoms with Crippen LogP contribution in [0.1, 0.15) is 124 Å². The predicted octanol–water partition coefficient (Wildman–Crippen LogP) is 6.54. The molecule has 0 saturated carbocycles. The number of rotatable bonds is 18. The minimum atomic E-state index is -0.967. The monoisotopic (exact) mass is 1100 g/mol. The van der Waals surface area contributed by atoms with E-state index in [1.807, 2.05) is 108 Å². The summed E-state index contributed by atoms with van der Waals surface area (Å²) in [6, 6.07) is 31.8. The Labute approximate surface area is 477 Å². The molecule has 0 bridgehead atoms. The Hall–Kier alpha value is -7.43. The molecule has 0 radical (unpaired) electrons. The van der Waals surface area contributed by atoms with Crippen LogP contribution in [0.25, 0.3) is 10.8 Å². The van der Waals surface area contributed by atoms with Crippen molar-refractivity contribution in [2.75, 3.05) is 27.2 Å². The van der Waals surface area contributed by atoms with Gasteiger partial charge in [0.05, 0.1) is 18.1 Å². The van der Waals surface area contributed by atoms with E-state index in [1.54, 1.807) is 49.9 Å². The van der Waals surface area contributed by atoms with E-state index in [0.29, 0.717) is 18.5 Å². The molecule has 5 aromatic rings. The largest absolute Gasteiger partial charge is 0.347 e. The molecule has 3 aliphatic rings. The highest BCUT2D eigenvalue weighted by Gasteiger charge is 2.47. The van der Waals surface area contributed by atoms with Crippen LogP contribution in [0.2, 0.25) is 0 Å². The van der Waals surface area contributed by atoms with Crippen LogP contribution in [0, 0.1) is 10.8 Å². The summed E-state index contributed by atoms with van der Waals surface area (Å²) >= 11 is 0. The van der Waals surface area contributed by atoms with Gasteiger partial charge in [0.1, 0.15) is 24.2 Å². The minimum Gasteiger partial charge on any atom is -0.347 e. The number of hydrogen-bond donors (Lipinski definition) is 6. The zero-order chi connectivity index (χ0) is 58.3. The Balaban J connectivity index is 1.04. The van der Waals surface area contributed by atoms with Gasteiger partial charge in [-0.25, -0.2) is 0 Å². The molecule has 8 rings (SSSR count). The normalized spacial score (nSPS) is 19.5. The summed E-state index contributed by atoms with van der Waals surface area (Å²) in [5.74, 6) is -2.37. The second kappa shape index (κ2) is 25.6. The third kappa shape index (κ3) is 14.2. The number of carbonyl (C=O) groups is 7. The first-order chi connectivity index (χ1) is 38.5. The summed E-state index contributed by atoms with van der Waals surface area (Å²) in [7, 11) is 3.36. The number of nitrogens with zero attached hydrogens (tertiary/aromatic N) is 3. The summed E-state index contributed by atoms with van der Waals surface area (Å²) in [5, 5.41) is 20.4. The van der Waals surface area contributed by atoms with Crippen molar-refractivity contribution in [2.24, 2.45) is 10.8 Å².